The third kappa shape index (κ3) is 4.45. The van der Waals surface area contributed by atoms with Crippen LogP contribution in [-0.4, -0.2) is 53.0 Å². The molecule has 1 aromatic heterocycles. The van der Waals surface area contributed by atoms with Crippen LogP contribution < -0.4 is 0 Å². The molecule has 4 rings (SSSR count). The van der Waals surface area contributed by atoms with Gasteiger partial charge in [0.2, 0.25) is 10.0 Å². The van der Waals surface area contributed by atoms with Crippen molar-refractivity contribution in [3.05, 3.63) is 58.9 Å². The van der Waals surface area contributed by atoms with E-state index in [-0.39, 0.29) is 30.2 Å². The minimum atomic E-state index is -3.53. The molecule has 10 heteroatoms. The second-order valence-electron chi connectivity index (χ2n) is 7.25. The van der Waals surface area contributed by atoms with Crippen molar-refractivity contribution in [1.29, 1.82) is 0 Å². The molecule has 0 spiro atoms. The van der Waals surface area contributed by atoms with Gasteiger partial charge < -0.3 is 14.4 Å². The van der Waals surface area contributed by atoms with Gasteiger partial charge in [-0.2, -0.15) is 4.31 Å². The fourth-order valence-electron chi connectivity index (χ4n) is 3.66. The van der Waals surface area contributed by atoms with Crippen molar-refractivity contribution in [3.63, 3.8) is 0 Å². The number of hydrogen-bond acceptors (Lipinski definition) is 6. The van der Waals surface area contributed by atoms with Crippen LogP contribution in [0.25, 0.3) is 11.0 Å². The third-order valence-corrected chi connectivity index (χ3v) is 7.39. The molecule has 1 aliphatic heterocycles. The van der Waals surface area contributed by atoms with Gasteiger partial charge in [-0.25, -0.2) is 18.2 Å². The molecule has 0 radical (unpaired) electrons. The molecular formula is C21H22ClN3O5S. The van der Waals surface area contributed by atoms with Crippen LogP contribution in [-0.2, 0) is 27.9 Å². The highest BCUT2D eigenvalue weighted by Crippen LogP contribution is 2.23. The first-order valence-corrected chi connectivity index (χ1v) is 11.7. The zero-order valence-electron chi connectivity index (χ0n) is 16.7. The minimum Gasteiger partial charge on any atom is -0.454 e. The van der Waals surface area contributed by atoms with Gasteiger partial charge >= 0.3 is 5.97 Å². The fourth-order valence-corrected chi connectivity index (χ4v) is 5.34. The molecule has 0 amide bonds. The summed E-state index contributed by atoms with van der Waals surface area (Å²) in [6, 6.07) is 11.0. The molecular weight excluding hydrogens is 442 g/mol. The number of ether oxygens (including phenoxy) is 1. The molecule has 164 valence electrons. The van der Waals surface area contributed by atoms with Crippen molar-refractivity contribution in [3.8, 4) is 0 Å². The first-order valence-electron chi connectivity index (χ1n) is 9.93. The molecule has 31 heavy (non-hydrogen) atoms. The largest absolute Gasteiger partial charge is 0.454 e. The summed E-state index contributed by atoms with van der Waals surface area (Å²) in [5, 5.41) is 9.92. The molecule has 2 heterocycles. The Morgan fingerprint density at radius 3 is 2.52 bits per heavy atom. The van der Waals surface area contributed by atoms with E-state index < -0.39 is 16.0 Å². The molecule has 2 aromatic carbocycles. The SMILES string of the molecule is O=C(OCc1nc2ccc(Cl)cc2n1CCO)c1ccc(S(=O)(=O)N2CCCC2)cc1. The Morgan fingerprint density at radius 1 is 1.13 bits per heavy atom. The second-order valence-corrected chi connectivity index (χ2v) is 9.62. The summed E-state index contributed by atoms with van der Waals surface area (Å²) < 4.78 is 33.8. The number of benzene rings is 2. The fraction of sp³-hybridized carbons (Fsp3) is 0.333. The average Bonchev–Trinajstić information content (AvgIpc) is 3.42. The van der Waals surface area contributed by atoms with Gasteiger partial charge in [0.1, 0.15) is 12.4 Å². The number of sulfonamides is 1. The van der Waals surface area contributed by atoms with Gasteiger partial charge in [-0.3, -0.25) is 0 Å². The van der Waals surface area contributed by atoms with Gasteiger partial charge in [-0.05, 0) is 55.3 Å². The number of fused-ring (bicyclic) bond motifs is 1. The number of esters is 1. The summed E-state index contributed by atoms with van der Waals surface area (Å²) in [6.45, 7) is 1.12. The van der Waals surface area contributed by atoms with Crippen molar-refractivity contribution in [2.45, 2.75) is 30.9 Å². The Balaban J connectivity index is 1.48. The molecule has 8 nitrogen and oxygen atoms in total. The Kier molecular flexibility index (Phi) is 6.29. The Labute approximate surface area is 185 Å². The summed E-state index contributed by atoms with van der Waals surface area (Å²) in [5.41, 5.74) is 1.66. The van der Waals surface area contributed by atoms with E-state index in [9.17, 15) is 18.3 Å². The van der Waals surface area contributed by atoms with Crippen LogP contribution in [0, 0.1) is 0 Å². The van der Waals surface area contributed by atoms with E-state index in [4.69, 9.17) is 16.3 Å². The molecule has 0 unspecified atom stereocenters. The highest BCUT2D eigenvalue weighted by atomic mass is 35.5. The van der Waals surface area contributed by atoms with Gasteiger partial charge in [0.25, 0.3) is 0 Å². The predicted octanol–water partition coefficient (Wildman–Crippen LogP) is 2.82. The molecule has 1 N–H and O–H groups in total. The first-order chi connectivity index (χ1) is 14.9. The van der Waals surface area contributed by atoms with E-state index in [2.05, 4.69) is 4.98 Å². The summed E-state index contributed by atoms with van der Waals surface area (Å²) in [7, 11) is -3.53. The van der Waals surface area contributed by atoms with Crippen molar-refractivity contribution >= 4 is 38.6 Å². The number of halogens is 1. The van der Waals surface area contributed by atoms with Crippen molar-refractivity contribution < 1.29 is 23.1 Å². The number of hydrogen-bond donors (Lipinski definition) is 1. The van der Waals surface area contributed by atoms with Crippen LogP contribution in [0.3, 0.4) is 0 Å². The van der Waals surface area contributed by atoms with Crippen LogP contribution in [0.2, 0.25) is 5.02 Å². The second kappa shape index (κ2) is 8.96. The van der Waals surface area contributed by atoms with Crippen LogP contribution in [0.5, 0.6) is 0 Å². The Hall–Kier alpha value is -2.46. The topological polar surface area (TPSA) is 102 Å². The van der Waals surface area contributed by atoms with Gasteiger partial charge in [-0.1, -0.05) is 11.6 Å². The number of nitrogens with zero attached hydrogens (tertiary/aromatic N) is 3. The van der Waals surface area contributed by atoms with Crippen LogP contribution in [0.1, 0.15) is 29.0 Å². The maximum absolute atomic E-state index is 12.6. The Bertz CT molecular complexity index is 1200. The molecule has 0 bridgehead atoms. The third-order valence-electron chi connectivity index (χ3n) is 5.24. The maximum Gasteiger partial charge on any atom is 0.338 e. The van der Waals surface area contributed by atoms with Crippen LogP contribution >= 0.6 is 11.6 Å². The summed E-state index contributed by atoms with van der Waals surface area (Å²) in [5.74, 6) is -0.112. The summed E-state index contributed by atoms with van der Waals surface area (Å²) in [6.07, 6.45) is 1.72. The quantitative estimate of drug-likeness (QED) is 0.540. The maximum atomic E-state index is 12.6. The number of aliphatic hydroxyl groups is 1. The van der Waals surface area contributed by atoms with E-state index >= 15 is 0 Å². The molecule has 1 saturated heterocycles. The summed E-state index contributed by atoms with van der Waals surface area (Å²) in [4.78, 5) is 17.1. The first kappa shape index (κ1) is 21.8. The lowest BCUT2D eigenvalue weighted by Gasteiger charge is -2.15. The number of aliphatic hydroxyl groups excluding tert-OH is 1. The highest BCUT2D eigenvalue weighted by Gasteiger charge is 2.27. The van der Waals surface area contributed by atoms with Gasteiger partial charge in [-0.15, -0.1) is 0 Å². The van der Waals surface area contributed by atoms with Gasteiger partial charge in [0.05, 0.1) is 28.1 Å². The monoisotopic (exact) mass is 463 g/mol. The highest BCUT2D eigenvalue weighted by molar-refractivity contribution is 7.89. The van der Waals surface area contributed by atoms with Crippen molar-refractivity contribution in [1.82, 2.24) is 13.9 Å². The van der Waals surface area contributed by atoms with E-state index in [1.54, 1.807) is 22.8 Å². The smallest absolute Gasteiger partial charge is 0.338 e. The zero-order chi connectivity index (χ0) is 22.0. The van der Waals surface area contributed by atoms with Crippen molar-refractivity contribution in [2.75, 3.05) is 19.7 Å². The molecule has 1 fully saturated rings. The van der Waals surface area contributed by atoms with E-state index in [1.165, 1.54) is 28.6 Å². The van der Waals surface area contributed by atoms with E-state index in [0.717, 1.165) is 18.4 Å². The molecule has 0 aliphatic carbocycles. The van der Waals surface area contributed by atoms with E-state index in [1.807, 2.05) is 0 Å². The average molecular weight is 464 g/mol. The minimum absolute atomic E-state index is 0.0983. The van der Waals surface area contributed by atoms with Crippen LogP contribution in [0.4, 0.5) is 0 Å². The lowest BCUT2D eigenvalue weighted by molar-refractivity contribution is 0.0457. The molecule has 0 atom stereocenters. The lowest BCUT2D eigenvalue weighted by Crippen LogP contribution is -2.27. The predicted molar refractivity (Wildman–Crippen MR) is 115 cm³/mol. The number of carbonyl (C=O) groups is 1. The normalized spacial score (nSPS) is 14.9. The van der Waals surface area contributed by atoms with Crippen LogP contribution in [0.15, 0.2) is 47.4 Å². The Morgan fingerprint density at radius 2 is 1.84 bits per heavy atom. The lowest BCUT2D eigenvalue weighted by atomic mass is 10.2. The number of imidazole rings is 1. The number of rotatable bonds is 7. The standard InChI is InChI=1S/C21H22ClN3O5S/c22-16-5-8-18-19(13-16)25(11-12-26)20(23-18)14-30-21(27)15-3-6-17(7-4-15)31(28,29)24-9-1-2-10-24/h3-8,13,26H,1-2,9-12,14H2. The number of aromatic nitrogens is 2. The molecule has 1 aliphatic rings. The van der Waals surface area contributed by atoms with Gasteiger partial charge in [0.15, 0.2) is 0 Å². The summed E-state index contributed by atoms with van der Waals surface area (Å²) >= 11 is 6.06. The molecule has 3 aromatic rings. The zero-order valence-corrected chi connectivity index (χ0v) is 18.3. The van der Waals surface area contributed by atoms with Gasteiger partial charge in [0, 0.05) is 24.7 Å². The number of carbonyl (C=O) groups excluding carboxylic acids is 1. The van der Waals surface area contributed by atoms with Crippen molar-refractivity contribution in [2.24, 2.45) is 0 Å². The van der Waals surface area contributed by atoms with E-state index in [0.29, 0.717) is 29.5 Å². The molecule has 0 saturated carbocycles.